The van der Waals surface area contributed by atoms with Gasteiger partial charge >= 0.3 is 5.97 Å². The van der Waals surface area contributed by atoms with E-state index >= 15 is 0 Å². The highest BCUT2D eigenvalue weighted by Crippen LogP contribution is 2.10. The van der Waals surface area contributed by atoms with Gasteiger partial charge in [0.15, 0.2) is 0 Å². The van der Waals surface area contributed by atoms with Crippen molar-refractivity contribution in [2.45, 2.75) is 19.5 Å². The van der Waals surface area contributed by atoms with Crippen LogP contribution in [0.15, 0.2) is 24.3 Å². The minimum Gasteiger partial charge on any atom is -0.480 e. The van der Waals surface area contributed by atoms with Gasteiger partial charge in [0, 0.05) is 11.6 Å². The number of benzene rings is 1. The average molecular weight is 285 g/mol. The number of likely N-dealkylation sites (N-methyl/N-ethyl adjacent to an activating group) is 1. The van der Waals surface area contributed by atoms with Crippen LogP contribution >= 0.6 is 11.6 Å². The van der Waals surface area contributed by atoms with Crippen LogP contribution in [0, 0.1) is 0 Å². The molecule has 1 unspecified atom stereocenters. The van der Waals surface area contributed by atoms with Crippen LogP contribution in [0.4, 0.5) is 0 Å². The lowest BCUT2D eigenvalue weighted by atomic mass is 10.2. The molecule has 0 aliphatic rings. The maximum Gasteiger partial charge on any atom is 0.320 e. The summed E-state index contributed by atoms with van der Waals surface area (Å²) < 4.78 is 0. The summed E-state index contributed by atoms with van der Waals surface area (Å²) in [6, 6.07) is 6.50. The van der Waals surface area contributed by atoms with Gasteiger partial charge in [-0.05, 0) is 31.7 Å². The molecule has 0 radical (unpaired) electrons. The summed E-state index contributed by atoms with van der Waals surface area (Å²) in [5.41, 5.74) is 0.898. The molecule has 0 aromatic heterocycles. The molecule has 0 bridgehead atoms. The monoisotopic (exact) mass is 284 g/mol. The Kier molecular flexibility index (Phi) is 5.79. The Morgan fingerprint density at radius 3 is 2.74 bits per heavy atom. The predicted molar refractivity (Wildman–Crippen MR) is 73.0 cm³/mol. The van der Waals surface area contributed by atoms with Crippen LogP contribution in [-0.2, 0) is 16.1 Å². The maximum absolute atomic E-state index is 11.7. The molecule has 1 aromatic carbocycles. The summed E-state index contributed by atoms with van der Waals surface area (Å²) in [6.07, 6.45) is 0. The summed E-state index contributed by atoms with van der Waals surface area (Å²) in [6.45, 7) is 1.94. The van der Waals surface area contributed by atoms with E-state index in [2.05, 4.69) is 5.32 Å². The number of carboxylic acids is 1. The van der Waals surface area contributed by atoms with E-state index in [1.165, 1.54) is 11.8 Å². The van der Waals surface area contributed by atoms with Crippen molar-refractivity contribution in [3.05, 3.63) is 34.9 Å². The maximum atomic E-state index is 11.7. The van der Waals surface area contributed by atoms with Crippen molar-refractivity contribution in [2.24, 2.45) is 0 Å². The molecular weight excluding hydrogens is 268 g/mol. The highest BCUT2D eigenvalue weighted by molar-refractivity contribution is 6.30. The predicted octanol–water partition coefficient (Wildman–Crippen LogP) is 1.36. The molecule has 0 fully saturated rings. The summed E-state index contributed by atoms with van der Waals surface area (Å²) in [4.78, 5) is 23.9. The molecule has 2 N–H and O–H groups in total. The molecule has 1 rings (SSSR count). The Bertz CT molecular complexity index is 465. The Morgan fingerprint density at radius 1 is 1.47 bits per heavy atom. The summed E-state index contributed by atoms with van der Waals surface area (Å²) in [5.74, 6) is -1.18. The van der Waals surface area contributed by atoms with E-state index in [4.69, 9.17) is 16.7 Å². The molecule has 1 atom stereocenters. The van der Waals surface area contributed by atoms with E-state index in [0.29, 0.717) is 11.6 Å². The van der Waals surface area contributed by atoms with Crippen LogP contribution in [-0.4, -0.2) is 41.5 Å². The first-order valence-corrected chi connectivity index (χ1v) is 6.22. The first-order chi connectivity index (χ1) is 8.90. The zero-order valence-electron chi connectivity index (χ0n) is 10.9. The quantitative estimate of drug-likeness (QED) is 0.828. The fraction of sp³-hybridized carbons (Fsp3) is 0.385. The number of carboxylic acid groups (broad SMARTS) is 1. The highest BCUT2D eigenvalue weighted by atomic mass is 35.5. The Hall–Kier alpha value is -1.59. The van der Waals surface area contributed by atoms with Gasteiger partial charge in [0.1, 0.15) is 6.04 Å². The first kappa shape index (κ1) is 15.5. The van der Waals surface area contributed by atoms with Crippen molar-refractivity contribution < 1.29 is 14.7 Å². The smallest absolute Gasteiger partial charge is 0.320 e. The standard InChI is InChI=1S/C13H17ClN2O3/c1-9(13(18)19)16(2)8-12(17)15-7-10-4-3-5-11(14)6-10/h3-6,9H,7-8H2,1-2H3,(H,15,17)(H,18,19). The fourth-order valence-electron chi connectivity index (χ4n) is 1.46. The topological polar surface area (TPSA) is 69.6 Å². The third kappa shape index (κ3) is 5.28. The second-order valence-electron chi connectivity index (χ2n) is 4.34. The number of carbonyl (C=O) groups is 2. The molecule has 19 heavy (non-hydrogen) atoms. The van der Waals surface area contributed by atoms with Crippen molar-refractivity contribution in [3.8, 4) is 0 Å². The molecule has 0 saturated carbocycles. The van der Waals surface area contributed by atoms with Gasteiger partial charge in [0.05, 0.1) is 6.54 Å². The molecule has 5 nitrogen and oxygen atoms in total. The summed E-state index contributed by atoms with van der Waals surface area (Å²) >= 11 is 5.83. The van der Waals surface area contributed by atoms with E-state index < -0.39 is 12.0 Å². The van der Waals surface area contributed by atoms with Crippen molar-refractivity contribution >= 4 is 23.5 Å². The molecule has 104 valence electrons. The van der Waals surface area contributed by atoms with Crippen LogP contribution in [0.2, 0.25) is 5.02 Å². The lowest BCUT2D eigenvalue weighted by Crippen LogP contribution is -2.42. The minimum absolute atomic E-state index is 0.0357. The van der Waals surface area contributed by atoms with Crippen LogP contribution < -0.4 is 5.32 Å². The van der Waals surface area contributed by atoms with Gasteiger partial charge in [-0.2, -0.15) is 0 Å². The van der Waals surface area contributed by atoms with E-state index in [1.807, 2.05) is 12.1 Å². The number of rotatable bonds is 6. The van der Waals surface area contributed by atoms with Gasteiger partial charge in [-0.25, -0.2) is 0 Å². The van der Waals surface area contributed by atoms with Gasteiger partial charge in [-0.3, -0.25) is 14.5 Å². The SMILES string of the molecule is CC(C(=O)O)N(C)CC(=O)NCc1cccc(Cl)c1. The van der Waals surface area contributed by atoms with Gasteiger partial charge in [-0.1, -0.05) is 23.7 Å². The van der Waals surface area contributed by atoms with Crippen LogP contribution in [0.5, 0.6) is 0 Å². The Balaban J connectivity index is 2.42. The second kappa shape index (κ2) is 7.11. The second-order valence-corrected chi connectivity index (χ2v) is 4.77. The summed E-state index contributed by atoms with van der Waals surface area (Å²) in [7, 11) is 1.59. The molecule has 0 aliphatic heterocycles. The van der Waals surface area contributed by atoms with E-state index in [1.54, 1.807) is 19.2 Å². The number of aliphatic carboxylic acids is 1. The first-order valence-electron chi connectivity index (χ1n) is 5.84. The molecule has 0 aliphatic carbocycles. The number of halogens is 1. The normalized spacial score (nSPS) is 12.2. The average Bonchev–Trinajstić information content (AvgIpc) is 2.35. The third-order valence-corrected chi connectivity index (χ3v) is 3.03. The summed E-state index contributed by atoms with van der Waals surface area (Å²) in [5, 5.41) is 12.1. The van der Waals surface area contributed by atoms with E-state index in [-0.39, 0.29) is 12.5 Å². The largest absolute Gasteiger partial charge is 0.480 e. The van der Waals surface area contributed by atoms with Crippen molar-refractivity contribution in [1.82, 2.24) is 10.2 Å². The number of amides is 1. The van der Waals surface area contributed by atoms with Crippen molar-refractivity contribution in [1.29, 1.82) is 0 Å². The molecule has 6 heteroatoms. The minimum atomic E-state index is -0.954. The van der Waals surface area contributed by atoms with E-state index in [0.717, 1.165) is 5.56 Å². The zero-order valence-corrected chi connectivity index (χ0v) is 11.6. The fourth-order valence-corrected chi connectivity index (χ4v) is 1.67. The van der Waals surface area contributed by atoms with Crippen molar-refractivity contribution in [2.75, 3.05) is 13.6 Å². The highest BCUT2D eigenvalue weighted by Gasteiger charge is 2.18. The van der Waals surface area contributed by atoms with E-state index in [9.17, 15) is 9.59 Å². The number of carbonyl (C=O) groups excluding carboxylic acids is 1. The van der Waals surface area contributed by atoms with Crippen LogP contribution in [0.1, 0.15) is 12.5 Å². The third-order valence-electron chi connectivity index (χ3n) is 2.79. The number of hydrogen-bond acceptors (Lipinski definition) is 3. The Morgan fingerprint density at radius 2 is 2.16 bits per heavy atom. The molecule has 0 saturated heterocycles. The van der Waals surface area contributed by atoms with Crippen molar-refractivity contribution in [3.63, 3.8) is 0 Å². The lowest BCUT2D eigenvalue weighted by molar-refractivity contribution is -0.142. The van der Waals surface area contributed by atoms with Gasteiger partial charge < -0.3 is 10.4 Å². The molecule has 1 amide bonds. The zero-order chi connectivity index (χ0) is 14.4. The van der Waals surface area contributed by atoms with Gasteiger partial charge in [0.25, 0.3) is 0 Å². The molecular formula is C13H17ClN2O3. The lowest BCUT2D eigenvalue weighted by Gasteiger charge is -2.20. The van der Waals surface area contributed by atoms with Gasteiger partial charge in [0.2, 0.25) is 5.91 Å². The van der Waals surface area contributed by atoms with Gasteiger partial charge in [-0.15, -0.1) is 0 Å². The molecule has 0 heterocycles. The number of hydrogen-bond donors (Lipinski definition) is 2. The Labute approximate surface area is 117 Å². The molecule has 0 spiro atoms. The van der Waals surface area contributed by atoms with Crippen LogP contribution in [0.3, 0.4) is 0 Å². The molecule has 1 aromatic rings. The van der Waals surface area contributed by atoms with Crippen LogP contribution in [0.25, 0.3) is 0 Å². The number of nitrogens with one attached hydrogen (secondary N) is 1. The number of nitrogens with zero attached hydrogens (tertiary/aromatic N) is 1.